The van der Waals surface area contributed by atoms with Crippen molar-refractivity contribution in [3.8, 4) is 0 Å². The average Bonchev–Trinajstić information content (AvgIpc) is 2.27. The van der Waals surface area contributed by atoms with Crippen LogP contribution in [-0.2, 0) is 4.89 Å². The maximum atomic E-state index is 8.42. The van der Waals surface area contributed by atoms with Gasteiger partial charge in [-0.2, -0.15) is 0 Å². The Morgan fingerprint density at radius 2 is 1.76 bits per heavy atom. The lowest BCUT2D eigenvalue weighted by Crippen LogP contribution is -2.05. The summed E-state index contributed by atoms with van der Waals surface area (Å²) >= 11 is 0. The first-order valence-electron chi connectivity index (χ1n) is 6.97. The summed E-state index contributed by atoms with van der Waals surface area (Å²) in [5, 5.41) is 8.42. The van der Waals surface area contributed by atoms with Crippen LogP contribution in [0.3, 0.4) is 0 Å². The van der Waals surface area contributed by atoms with Gasteiger partial charge in [-0.1, -0.05) is 58.6 Å². The second-order valence-electron chi connectivity index (χ2n) is 5.01. The summed E-state index contributed by atoms with van der Waals surface area (Å²) in [7, 11) is 0. The highest BCUT2D eigenvalue weighted by molar-refractivity contribution is 4.99. The molecule has 0 aromatic heterocycles. The van der Waals surface area contributed by atoms with Gasteiger partial charge in [0.25, 0.3) is 0 Å². The second-order valence-corrected chi connectivity index (χ2v) is 5.01. The maximum Gasteiger partial charge on any atom is 0.0936 e. The zero-order valence-corrected chi connectivity index (χ0v) is 12.6. The Kier molecular flexibility index (Phi) is 15.3. The molecule has 0 saturated carbocycles. The van der Waals surface area contributed by atoms with Crippen LogP contribution < -0.4 is 0 Å². The van der Waals surface area contributed by atoms with Crippen LogP contribution in [0.2, 0.25) is 0 Å². The summed E-state index contributed by atoms with van der Waals surface area (Å²) in [4.78, 5) is 4.23. The molecule has 0 aliphatic rings. The highest BCUT2D eigenvalue weighted by Gasteiger charge is 2.03. The van der Waals surface area contributed by atoms with Crippen LogP contribution in [0.25, 0.3) is 0 Å². The van der Waals surface area contributed by atoms with E-state index in [1.165, 1.54) is 24.8 Å². The van der Waals surface area contributed by atoms with Gasteiger partial charge in [0.15, 0.2) is 0 Å². The molecule has 0 bridgehead atoms. The van der Waals surface area contributed by atoms with Gasteiger partial charge < -0.3 is 0 Å². The molecule has 0 heterocycles. The Bertz CT molecular complexity index is 176. The Labute approximate surface area is 108 Å². The number of hydrogen-bond donors (Lipinski definition) is 1. The minimum absolute atomic E-state index is 0.0901. The Hall–Kier alpha value is -0.340. The monoisotopic (exact) mass is 244 g/mol. The summed E-state index contributed by atoms with van der Waals surface area (Å²) in [5.41, 5.74) is 1.30. The Morgan fingerprint density at radius 3 is 2.18 bits per heavy atom. The largest absolute Gasteiger partial charge is 0.252 e. The van der Waals surface area contributed by atoms with Gasteiger partial charge in [-0.3, -0.25) is 5.26 Å². The van der Waals surface area contributed by atoms with E-state index in [1.54, 1.807) is 0 Å². The molecule has 1 unspecified atom stereocenters. The van der Waals surface area contributed by atoms with Gasteiger partial charge in [0, 0.05) is 0 Å². The molecule has 0 aliphatic carbocycles. The van der Waals surface area contributed by atoms with Crippen molar-refractivity contribution in [3.63, 3.8) is 0 Å². The van der Waals surface area contributed by atoms with E-state index in [4.69, 9.17) is 5.26 Å². The van der Waals surface area contributed by atoms with Crippen molar-refractivity contribution >= 4 is 0 Å². The fraction of sp³-hybridized carbons (Fsp3) is 0.867. The lowest BCUT2D eigenvalue weighted by molar-refractivity contribution is -0.273. The van der Waals surface area contributed by atoms with E-state index in [-0.39, 0.29) is 6.10 Å². The van der Waals surface area contributed by atoms with Gasteiger partial charge in [0.05, 0.1) is 6.10 Å². The third kappa shape index (κ3) is 15.7. The van der Waals surface area contributed by atoms with E-state index in [1.807, 2.05) is 6.92 Å². The van der Waals surface area contributed by atoms with Crippen molar-refractivity contribution in [2.75, 3.05) is 0 Å². The van der Waals surface area contributed by atoms with Crippen LogP contribution in [0.1, 0.15) is 73.6 Å². The van der Waals surface area contributed by atoms with Gasteiger partial charge in [-0.15, -0.1) is 0 Å². The first-order valence-corrected chi connectivity index (χ1v) is 6.97. The third-order valence-corrected chi connectivity index (χ3v) is 2.44. The van der Waals surface area contributed by atoms with E-state index < -0.39 is 0 Å². The van der Waals surface area contributed by atoms with Gasteiger partial charge in [0.1, 0.15) is 0 Å². The number of rotatable bonds is 7. The lowest BCUT2D eigenvalue weighted by Gasteiger charge is -2.09. The van der Waals surface area contributed by atoms with E-state index in [2.05, 4.69) is 45.6 Å². The van der Waals surface area contributed by atoms with E-state index in [0.29, 0.717) is 0 Å². The predicted octanol–water partition coefficient (Wildman–Crippen LogP) is 5.44. The second kappa shape index (κ2) is 13.7. The molecule has 2 heteroatoms. The summed E-state index contributed by atoms with van der Waals surface area (Å²) < 4.78 is 0. The molecule has 0 aliphatic heterocycles. The molecule has 0 rings (SSSR count). The molecule has 0 saturated heterocycles. The maximum absolute atomic E-state index is 8.42. The molecule has 17 heavy (non-hydrogen) atoms. The fourth-order valence-electron chi connectivity index (χ4n) is 1.59. The standard InChI is InChI=1S/C12H24O2.C3H8/c1-5-6-10(2)7-8-11(3)9-12(4)14-13;1-3-2/h8,10,12-13H,5-7,9H2,1-4H3;3H2,1-2H3/b11-8+;/t10?,12-;/m1./s1. The van der Waals surface area contributed by atoms with Crippen LogP contribution in [0.15, 0.2) is 11.6 Å². The highest BCUT2D eigenvalue weighted by Crippen LogP contribution is 2.14. The van der Waals surface area contributed by atoms with Gasteiger partial charge >= 0.3 is 0 Å². The Balaban J connectivity index is 0. The first kappa shape index (κ1) is 19.0. The first-order chi connectivity index (χ1) is 8.01. The summed E-state index contributed by atoms with van der Waals surface area (Å²) in [6.07, 6.45) is 7.91. The van der Waals surface area contributed by atoms with Crippen molar-refractivity contribution < 1.29 is 10.1 Å². The van der Waals surface area contributed by atoms with Crippen LogP contribution in [0.5, 0.6) is 0 Å². The summed E-state index contributed by atoms with van der Waals surface area (Å²) in [6, 6.07) is 0. The van der Waals surface area contributed by atoms with Crippen molar-refractivity contribution in [3.05, 3.63) is 11.6 Å². The smallest absolute Gasteiger partial charge is 0.0936 e. The van der Waals surface area contributed by atoms with Crippen molar-refractivity contribution in [1.29, 1.82) is 0 Å². The molecular weight excluding hydrogens is 212 g/mol. The number of hydrogen-bond acceptors (Lipinski definition) is 2. The quantitative estimate of drug-likeness (QED) is 0.367. The lowest BCUT2D eigenvalue weighted by atomic mass is 9.99. The fourth-order valence-corrected chi connectivity index (χ4v) is 1.59. The average molecular weight is 244 g/mol. The van der Waals surface area contributed by atoms with Crippen LogP contribution in [0.4, 0.5) is 0 Å². The van der Waals surface area contributed by atoms with Gasteiger partial charge in [-0.05, 0) is 32.6 Å². The molecule has 0 aromatic rings. The Morgan fingerprint density at radius 1 is 1.24 bits per heavy atom. The molecule has 2 atom stereocenters. The molecule has 104 valence electrons. The zero-order valence-electron chi connectivity index (χ0n) is 12.6. The van der Waals surface area contributed by atoms with E-state index in [9.17, 15) is 0 Å². The number of allylic oxidation sites excluding steroid dienone is 1. The van der Waals surface area contributed by atoms with Crippen molar-refractivity contribution in [2.24, 2.45) is 5.92 Å². The molecular formula is C15H32O2. The topological polar surface area (TPSA) is 29.5 Å². The molecule has 2 nitrogen and oxygen atoms in total. The van der Waals surface area contributed by atoms with Crippen molar-refractivity contribution in [2.45, 2.75) is 79.8 Å². The minimum atomic E-state index is -0.0901. The van der Waals surface area contributed by atoms with Gasteiger partial charge in [-0.25, -0.2) is 4.89 Å². The summed E-state index contributed by atoms with van der Waals surface area (Å²) in [5.74, 6) is 0.764. The van der Waals surface area contributed by atoms with Gasteiger partial charge in [0.2, 0.25) is 0 Å². The SMILES string of the molecule is CCC.CCCC(C)C/C=C(\C)C[C@@H](C)OO. The van der Waals surface area contributed by atoms with Crippen LogP contribution in [0, 0.1) is 5.92 Å². The minimum Gasteiger partial charge on any atom is -0.252 e. The highest BCUT2D eigenvalue weighted by atomic mass is 17.1. The molecule has 0 amide bonds. The molecule has 1 N–H and O–H groups in total. The molecule has 0 aromatic carbocycles. The third-order valence-electron chi connectivity index (χ3n) is 2.44. The molecule has 0 radical (unpaired) electrons. The molecule has 0 fully saturated rings. The van der Waals surface area contributed by atoms with Crippen LogP contribution in [-0.4, -0.2) is 11.4 Å². The van der Waals surface area contributed by atoms with Crippen molar-refractivity contribution in [1.82, 2.24) is 0 Å². The zero-order chi connectivity index (χ0) is 13.7. The van der Waals surface area contributed by atoms with Crippen LogP contribution >= 0.6 is 0 Å². The predicted molar refractivity (Wildman–Crippen MR) is 76.2 cm³/mol. The molecule has 0 spiro atoms. The van der Waals surface area contributed by atoms with E-state index in [0.717, 1.165) is 18.8 Å². The normalized spacial score (nSPS) is 14.9. The van der Waals surface area contributed by atoms with E-state index >= 15 is 0 Å². The summed E-state index contributed by atoms with van der Waals surface area (Å²) in [6.45, 7) is 12.7.